The van der Waals surface area contributed by atoms with Gasteiger partial charge in [-0.05, 0) is 25.2 Å². The zero-order chi connectivity index (χ0) is 14.0. The van der Waals surface area contributed by atoms with Crippen LogP contribution in [0.4, 0.5) is 0 Å². The molecule has 0 saturated carbocycles. The highest BCUT2D eigenvalue weighted by Gasteiger charge is 2.48. The van der Waals surface area contributed by atoms with Crippen LogP contribution < -0.4 is 0 Å². The van der Waals surface area contributed by atoms with Crippen molar-refractivity contribution in [2.24, 2.45) is 5.92 Å². The zero-order valence-corrected chi connectivity index (χ0v) is 12.3. The molecular weight excluding hydrogens is 258 g/mol. The molecule has 3 aliphatic rings. The molecule has 1 atom stereocenters. The van der Waals surface area contributed by atoms with Gasteiger partial charge in [0.1, 0.15) is 5.60 Å². The van der Waals surface area contributed by atoms with Crippen LogP contribution >= 0.6 is 0 Å². The molecule has 0 unspecified atom stereocenters. The van der Waals surface area contributed by atoms with Crippen LogP contribution in [0.5, 0.6) is 0 Å². The first kappa shape index (κ1) is 14.3. The standard InChI is InChI=1S/C15H25NO4/c1-12(17)16-10-15(11-16)8-14(4-7-20-15)19-9-13-2-5-18-6-3-13/h13-14H,2-11H2,1H3/t14-/m1/s1. The summed E-state index contributed by atoms with van der Waals surface area (Å²) in [6.07, 6.45) is 4.44. The van der Waals surface area contributed by atoms with Crippen molar-refractivity contribution in [3.05, 3.63) is 0 Å². The topological polar surface area (TPSA) is 48.0 Å². The third-order valence-electron chi connectivity index (χ3n) is 4.76. The van der Waals surface area contributed by atoms with Crippen molar-refractivity contribution in [1.29, 1.82) is 0 Å². The maximum Gasteiger partial charge on any atom is 0.219 e. The summed E-state index contributed by atoms with van der Waals surface area (Å²) >= 11 is 0. The third-order valence-corrected chi connectivity index (χ3v) is 4.76. The van der Waals surface area contributed by atoms with Crippen LogP contribution in [0.25, 0.3) is 0 Å². The predicted octanol–water partition coefficient (Wildman–Crippen LogP) is 1.21. The molecule has 3 saturated heterocycles. The fourth-order valence-corrected chi connectivity index (χ4v) is 3.40. The Morgan fingerprint density at radius 1 is 1.25 bits per heavy atom. The van der Waals surface area contributed by atoms with Crippen molar-refractivity contribution in [1.82, 2.24) is 4.90 Å². The third kappa shape index (κ3) is 3.15. The Hall–Kier alpha value is -0.650. The number of carbonyl (C=O) groups is 1. The maximum atomic E-state index is 11.3. The Kier molecular flexibility index (Phi) is 4.29. The molecule has 5 heteroatoms. The van der Waals surface area contributed by atoms with E-state index in [0.717, 1.165) is 65.2 Å². The minimum Gasteiger partial charge on any atom is -0.381 e. The second-order valence-electron chi connectivity index (χ2n) is 6.41. The van der Waals surface area contributed by atoms with Crippen molar-refractivity contribution in [3.63, 3.8) is 0 Å². The molecule has 3 heterocycles. The van der Waals surface area contributed by atoms with Gasteiger partial charge in [0.15, 0.2) is 0 Å². The number of ether oxygens (including phenoxy) is 3. The minimum absolute atomic E-state index is 0.121. The van der Waals surface area contributed by atoms with E-state index < -0.39 is 0 Å². The molecule has 0 aromatic heterocycles. The number of likely N-dealkylation sites (tertiary alicyclic amines) is 1. The van der Waals surface area contributed by atoms with Gasteiger partial charge in [0, 0.05) is 39.8 Å². The summed E-state index contributed by atoms with van der Waals surface area (Å²) < 4.78 is 17.4. The average molecular weight is 283 g/mol. The maximum absolute atomic E-state index is 11.3. The van der Waals surface area contributed by atoms with E-state index in [1.807, 2.05) is 4.90 Å². The van der Waals surface area contributed by atoms with Crippen molar-refractivity contribution >= 4 is 5.91 Å². The minimum atomic E-state index is -0.121. The molecule has 3 rings (SSSR count). The van der Waals surface area contributed by atoms with Crippen LogP contribution in [0.15, 0.2) is 0 Å². The van der Waals surface area contributed by atoms with E-state index in [9.17, 15) is 4.79 Å². The van der Waals surface area contributed by atoms with Crippen molar-refractivity contribution in [3.8, 4) is 0 Å². The van der Waals surface area contributed by atoms with Crippen LogP contribution in [-0.2, 0) is 19.0 Å². The van der Waals surface area contributed by atoms with E-state index in [1.54, 1.807) is 6.92 Å². The van der Waals surface area contributed by atoms with E-state index in [4.69, 9.17) is 14.2 Å². The Morgan fingerprint density at radius 3 is 2.70 bits per heavy atom. The number of carbonyl (C=O) groups excluding carboxylic acids is 1. The monoisotopic (exact) mass is 283 g/mol. The molecule has 0 radical (unpaired) electrons. The van der Waals surface area contributed by atoms with Gasteiger partial charge in [0.05, 0.1) is 19.2 Å². The number of nitrogens with zero attached hydrogens (tertiary/aromatic N) is 1. The Morgan fingerprint density at radius 2 is 2.00 bits per heavy atom. The lowest BCUT2D eigenvalue weighted by atomic mass is 9.84. The summed E-state index contributed by atoms with van der Waals surface area (Å²) in [5.41, 5.74) is -0.121. The van der Waals surface area contributed by atoms with Gasteiger partial charge in [-0.2, -0.15) is 0 Å². The first-order valence-corrected chi connectivity index (χ1v) is 7.76. The quantitative estimate of drug-likeness (QED) is 0.781. The highest BCUT2D eigenvalue weighted by atomic mass is 16.5. The van der Waals surface area contributed by atoms with Crippen molar-refractivity contribution < 1.29 is 19.0 Å². The largest absolute Gasteiger partial charge is 0.381 e. The van der Waals surface area contributed by atoms with Crippen LogP contribution in [0.3, 0.4) is 0 Å². The van der Waals surface area contributed by atoms with Gasteiger partial charge in [-0.1, -0.05) is 0 Å². The van der Waals surface area contributed by atoms with Gasteiger partial charge >= 0.3 is 0 Å². The number of hydrogen-bond donors (Lipinski definition) is 0. The van der Waals surface area contributed by atoms with Crippen LogP contribution in [0, 0.1) is 5.92 Å². The molecule has 20 heavy (non-hydrogen) atoms. The molecule has 0 bridgehead atoms. The van der Waals surface area contributed by atoms with Gasteiger partial charge in [-0.3, -0.25) is 4.79 Å². The molecule has 3 aliphatic heterocycles. The van der Waals surface area contributed by atoms with Gasteiger partial charge in [-0.25, -0.2) is 0 Å². The molecule has 0 aliphatic carbocycles. The van der Waals surface area contributed by atoms with E-state index in [1.165, 1.54) is 0 Å². The van der Waals surface area contributed by atoms with Gasteiger partial charge in [-0.15, -0.1) is 0 Å². The van der Waals surface area contributed by atoms with E-state index in [-0.39, 0.29) is 11.5 Å². The summed E-state index contributed by atoms with van der Waals surface area (Å²) in [6.45, 7) is 6.44. The number of rotatable bonds is 3. The van der Waals surface area contributed by atoms with Crippen LogP contribution in [0.2, 0.25) is 0 Å². The molecule has 114 valence electrons. The Balaban J connectivity index is 1.43. The SMILES string of the molecule is CC(=O)N1CC2(C[C@H](OCC3CCOCC3)CCO2)C1. The molecule has 5 nitrogen and oxygen atoms in total. The first-order valence-electron chi connectivity index (χ1n) is 7.76. The lowest BCUT2D eigenvalue weighted by Gasteiger charge is -2.52. The van der Waals surface area contributed by atoms with Crippen LogP contribution in [-0.4, -0.2) is 62.0 Å². The molecule has 0 aromatic carbocycles. The van der Waals surface area contributed by atoms with E-state index >= 15 is 0 Å². The Labute approximate surface area is 120 Å². The summed E-state index contributed by atoms with van der Waals surface area (Å²) in [5.74, 6) is 0.794. The summed E-state index contributed by atoms with van der Waals surface area (Å²) in [6, 6.07) is 0. The van der Waals surface area contributed by atoms with Crippen LogP contribution in [0.1, 0.15) is 32.6 Å². The van der Waals surface area contributed by atoms with Gasteiger partial charge in [0.2, 0.25) is 5.91 Å². The smallest absolute Gasteiger partial charge is 0.219 e. The summed E-state index contributed by atoms with van der Waals surface area (Å²) in [7, 11) is 0. The summed E-state index contributed by atoms with van der Waals surface area (Å²) in [4.78, 5) is 13.1. The summed E-state index contributed by atoms with van der Waals surface area (Å²) in [5, 5.41) is 0. The second-order valence-corrected chi connectivity index (χ2v) is 6.41. The normalized spacial score (nSPS) is 30.2. The molecule has 0 N–H and O–H groups in total. The highest BCUT2D eigenvalue weighted by molar-refractivity contribution is 5.74. The lowest BCUT2D eigenvalue weighted by Crippen LogP contribution is -2.67. The van der Waals surface area contributed by atoms with E-state index in [0.29, 0.717) is 12.0 Å². The number of amides is 1. The van der Waals surface area contributed by atoms with Gasteiger partial charge in [0.25, 0.3) is 0 Å². The first-order chi connectivity index (χ1) is 9.67. The highest BCUT2D eigenvalue weighted by Crippen LogP contribution is 2.35. The van der Waals surface area contributed by atoms with Crippen molar-refractivity contribution in [2.75, 3.05) is 39.5 Å². The Bertz CT molecular complexity index is 348. The second kappa shape index (κ2) is 6.00. The predicted molar refractivity (Wildman–Crippen MR) is 73.5 cm³/mol. The number of hydrogen-bond acceptors (Lipinski definition) is 4. The lowest BCUT2D eigenvalue weighted by molar-refractivity contribution is -0.202. The molecular formula is C15H25NO4. The van der Waals surface area contributed by atoms with Crippen molar-refractivity contribution in [2.45, 2.75) is 44.3 Å². The van der Waals surface area contributed by atoms with Gasteiger partial charge < -0.3 is 19.1 Å². The zero-order valence-electron chi connectivity index (χ0n) is 12.3. The molecule has 3 fully saturated rings. The molecule has 0 aromatic rings. The average Bonchev–Trinajstić information content (AvgIpc) is 2.44. The van der Waals surface area contributed by atoms with E-state index in [2.05, 4.69) is 0 Å². The fourth-order valence-electron chi connectivity index (χ4n) is 3.40. The fraction of sp³-hybridized carbons (Fsp3) is 0.933. The molecule has 1 spiro atoms. The molecule has 1 amide bonds.